The van der Waals surface area contributed by atoms with Gasteiger partial charge in [0.1, 0.15) is 5.75 Å². The maximum absolute atomic E-state index is 12.3. The molecule has 2 rings (SSSR count). The molecule has 0 fully saturated rings. The fourth-order valence-corrected chi connectivity index (χ4v) is 2.85. The number of carboxylic acids is 1. The molecule has 0 heterocycles. The van der Waals surface area contributed by atoms with Crippen molar-refractivity contribution in [2.45, 2.75) is 4.90 Å². The Bertz CT molecular complexity index is 809. The van der Waals surface area contributed by atoms with Gasteiger partial charge < -0.3 is 14.6 Å². The molecule has 7 heteroatoms. The number of methoxy groups -OCH3 is 1. The molecular weight excluding hydrogens is 318 g/mol. The smallest absolute Gasteiger partial charge is 0.261 e. The Morgan fingerprint density at radius 2 is 1.70 bits per heavy atom. The number of carbonyl (C=O) groups is 1. The highest BCUT2D eigenvalue weighted by Crippen LogP contribution is 2.19. The van der Waals surface area contributed by atoms with Crippen molar-refractivity contribution in [1.82, 2.24) is 0 Å². The zero-order valence-electron chi connectivity index (χ0n) is 12.2. The topological polar surface area (TPSA) is 95.5 Å². The number of rotatable bonds is 6. The van der Waals surface area contributed by atoms with Gasteiger partial charge >= 0.3 is 0 Å². The number of hydrogen-bond donors (Lipinski definition) is 1. The first kappa shape index (κ1) is 16.6. The van der Waals surface area contributed by atoms with Gasteiger partial charge in [0.2, 0.25) is 0 Å². The van der Waals surface area contributed by atoms with Crippen LogP contribution in [0.1, 0.15) is 5.56 Å². The first-order valence-corrected chi connectivity index (χ1v) is 8.05. The summed E-state index contributed by atoms with van der Waals surface area (Å²) in [6.07, 6.45) is 2.20. The van der Waals surface area contributed by atoms with E-state index in [1.807, 2.05) is 0 Å². The highest BCUT2D eigenvalue weighted by Gasteiger charge is 2.13. The van der Waals surface area contributed by atoms with Crippen LogP contribution in [0.5, 0.6) is 5.75 Å². The molecule has 0 atom stereocenters. The van der Waals surface area contributed by atoms with Crippen molar-refractivity contribution in [2.24, 2.45) is 0 Å². The van der Waals surface area contributed by atoms with E-state index in [1.165, 1.54) is 37.5 Å². The van der Waals surface area contributed by atoms with E-state index in [-0.39, 0.29) is 4.90 Å². The average molecular weight is 332 g/mol. The molecule has 1 N–H and O–H groups in total. The predicted molar refractivity (Wildman–Crippen MR) is 84.3 cm³/mol. The molecule has 0 radical (unpaired) electrons. The van der Waals surface area contributed by atoms with Crippen molar-refractivity contribution >= 4 is 27.8 Å². The zero-order valence-corrected chi connectivity index (χ0v) is 13.0. The Morgan fingerprint density at radius 3 is 2.22 bits per heavy atom. The SMILES string of the molecule is COc1ccc(NS(=O)(=O)c2ccc(/C=C/C(=O)[O-])cc2)cc1. The van der Waals surface area contributed by atoms with E-state index in [4.69, 9.17) is 4.74 Å². The van der Waals surface area contributed by atoms with Gasteiger partial charge in [0.25, 0.3) is 10.0 Å². The van der Waals surface area contributed by atoms with Crippen LogP contribution < -0.4 is 14.6 Å². The molecule has 2 aromatic carbocycles. The maximum Gasteiger partial charge on any atom is 0.261 e. The van der Waals surface area contributed by atoms with Gasteiger partial charge in [0, 0.05) is 5.69 Å². The summed E-state index contributed by atoms with van der Waals surface area (Å²) in [5.74, 6) is -0.695. The Kier molecular flexibility index (Phi) is 5.02. The molecule has 0 aromatic heterocycles. The van der Waals surface area contributed by atoms with E-state index in [0.717, 1.165) is 6.08 Å². The summed E-state index contributed by atoms with van der Waals surface area (Å²) in [6.45, 7) is 0. The molecule has 0 unspecified atom stereocenters. The van der Waals surface area contributed by atoms with Gasteiger partial charge in [-0.15, -0.1) is 0 Å². The Balaban J connectivity index is 2.16. The minimum atomic E-state index is -3.72. The van der Waals surface area contributed by atoms with Crippen molar-refractivity contribution in [2.75, 3.05) is 11.8 Å². The van der Waals surface area contributed by atoms with Gasteiger partial charge in [0.05, 0.1) is 18.0 Å². The summed E-state index contributed by atoms with van der Waals surface area (Å²) < 4.78 is 32.0. The number of benzene rings is 2. The standard InChI is InChI=1S/C16H15NO5S/c1-22-14-7-5-13(6-8-14)17-23(20,21)15-9-2-12(3-10-15)4-11-16(18)19/h2-11,17H,1H3,(H,18,19)/p-1/b11-4+. The number of anilines is 1. The van der Waals surface area contributed by atoms with E-state index >= 15 is 0 Å². The van der Waals surface area contributed by atoms with Gasteiger partial charge in [-0.2, -0.15) is 0 Å². The van der Waals surface area contributed by atoms with Crippen molar-refractivity contribution in [1.29, 1.82) is 0 Å². The molecule has 0 saturated heterocycles. The van der Waals surface area contributed by atoms with Gasteiger partial charge in [0.15, 0.2) is 0 Å². The van der Waals surface area contributed by atoms with Crippen LogP contribution in [0.2, 0.25) is 0 Å². The highest BCUT2D eigenvalue weighted by molar-refractivity contribution is 7.92. The van der Waals surface area contributed by atoms with Crippen LogP contribution in [0, 0.1) is 0 Å². The lowest BCUT2D eigenvalue weighted by molar-refractivity contribution is -0.297. The lowest BCUT2D eigenvalue weighted by Crippen LogP contribution is -2.18. The predicted octanol–water partition coefficient (Wildman–Crippen LogP) is 1.26. The second kappa shape index (κ2) is 6.97. The lowest BCUT2D eigenvalue weighted by Gasteiger charge is -2.09. The van der Waals surface area contributed by atoms with Crippen molar-refractivity contribution < 1.29 is 23.1 Å². The van der Waals surface area contributed by atoms with E-state index in [2.05, 4.69) is 4.72 Å². The summed E-state index contributed by atoms with van der Waals surface area (Å²) in [5, 5.41) is 10.3. The van der Waals surface area contributed by atoms with Crippen molar-refractivity contribution in [3.63, 3.8) is 0 Å². The number of nitrogens with one attached hydrogen (secondary N) is 1. The van der Waals surface area contributed by atoms with Gasteiger partial charge in [-0.25, -0.2) is 8.42 Å². The highest BCUT2D eigenvalue weighted by atomic mass is 32.2. The van der Waals surface area contributed by atoms with Gasteiger partial charge in [-0.3, -0.25) is 4.72 Å². The average Bonchev–Trinajstić information content (AvgIpc) is 2.53. The third-order valence-electron chi connectivity index (χ3n) is 2.94. The quantitative estimate of drug-likeness (QED) is 0.804. The van der Waals surface area contributed by atoms with Gasteiger partial charge in [-0.1, -0.05) is 18.2 Å². The van der Waals surface area contributed by atoms with Crippen LogP contribution in [-0.4, -0.2) is 21.5 Å². The van der Waals surface area contributed by atoms with Crippen molar-refractivity contribution in [3.8, 4) is 5.75 Å². The fourth-order valence-electron chi connectivity index (χ4n) is 1.80. The molecule has 0 bridgehead atoms. The molecule has 0 aliphatic rings. The normalized spacial score (nSPS) is 11.3. The Labute approximate surface area is 134 Å². The number of carbonyl (C=O) groups excluding carboxylic acids is 1. The molecule has 0 spiro atoms. The Morgan fingerprint density at radius 1 is 1.09 bits per heavy atom. The summed E-state index contributed by atoms with van der Waals surface area (Å²) >= 11 is 0. The first-order valence-electron chi connectivity index (χ1n) is 6.57. The minimum absolute atomic E-state index is 0.0684. The number of ether oxygens (including phenoxy) is 1. The molecule has 0 aliphatic heterocycles. The monoisotopic (exact) mass is 332 g/mol. The molecule has 120 valence electrons. The summed E-state index contributed by atoms with van der Waals surface area (Å²) in [6, 6.07) is 12.3. The minimum Gasteiger partial charge on any atom is -0.545 e. The second-order valence-electron chi connectivity index (χ2n) is 4.56. The molecule has 0 saturated carbocycles. The molecule has 0 aliphatic carbocycles. The third kappa shape index (κ3) is 4.58. The van der Waals surface area contributed by atoms with E-state index in [0.29, 0.717) is 17.0 Å². The van der Waals surface area contributed by atoms with Crippen LogP contribution >= 0.6 is 0 Å². The van der Waals surface area contributed by atoms with Crippen LogP contribution in [0.3, 0.4) is 0 Å². The lowest BCUT2D eigenvalue weighted by atomic mass is 10.2. The number of hydrogen-bond acceptors (Lipinski definition) is 5. The number of sulfonamides is 1. The maximum atomic E-state index is 12.3. The molecule has 0 amide bonds. The summed E-state index contributed by atoms with van der Waals surface area (Å²) in [4.78, 5) is 10.4. The number of aliphatic carboxylic acids is 1. The van der Waals surface area contributed by atoms with E-state index in [1.54, 1.807) is 24.3 Å². The second-order valence-corrected chi connectivity index (χ2v) is 6.24. The van der Waals surface area contributed by atoms with E-state index in [9.17, 15) is 18.3 Å². The third-order valence-corrected chi connectivity index (χ3v) is 4.34. The first-order chi connectivity index (χ1) is 10.9. The van der Waals surface area contributed by atoms with Gasteiger partial charge in [-0.05, 0) is 48.0 Å². The van der Waals surface area contributed by atoms with Crippen LogP contribution in [-0.2, 0) is 14.8 Å². The largest absolute Gasteiger partial charge is 0.545 e. The molecule has 6 nitrogen and oxygen atoms in total. The number of carboxylic acid groups (broad SMARTS) is 1. The van der Waals surface area contributed by atoms with Crippen LogP contribution in [0.4, 0.5) is 5.69 Å². The van der Waals surface area contributed by atoms with Crippen molar-refractivity contribution in [3.05, 3.63) is 60.2 Å². The fraction of sp³-hybridized carbons (Fsp3) is 0.0625. The van der Waals surface area contributed by atoms with E-state index < -0.39 is 16.0 Å². The summed E-state index contributed by atoms with van der Waals surface area (Å²) in [7, 11) is -2.20. The van der Waals surface area contributed by atoms with Crippen LogP contribution in [0.15, 0.2) is 59.5 Å². The Hall–Kier alpha value is -2.80. The molecule has 2 aromatic rings. The molecule has 23 heavy (non-hydrogen) atoms. The summed E-state index contributed by atoms with van der Waals surface area (Å²) in [5.41, 5.74) is 0.962. The van der Waals surface area contributed by atoms with Crippen LogP contribution in [0.25, 0.3) is 6.08 Å². The zero-order chi connectivity index (χ0) is 16.9. The molecular formula is C16H14NO5S-.